The normalized spacial score (nSPS) is 22.4. The highest BCUT2D eigenvalue weighted by Gasteiger charge is 2.25. The summed E-state index contributed by atoms with van der Waals surface area (Å²) in [5, 5.41) is 0. The molecule has 1 aromatic carbocycles. The highest BCUT2D eigenvalue weighted by molar-refractivity contribution is 7.89. The van der Waals surface area contributed by atoms with Crippen LogP contribution in [0, 0.1) is 0 Å². The van der Waals surface area contributed by atoms with Gasteiger partial charge in [-0.2, -0.15) is 4.31 Å². The van der Waals surface area contributed by atoms with Crippen LogP contribution in [-0.2, 0) is 21.2 Å². The predicted molar refractivity (Wildman–Crippen MR) is 107 cm³/mol. The molecule has 27 heavy (non-hydrogen) atoms. The van der Waals surface area contributed by atoms with E-state index in [-0.39, 0.29) is 5.91 Å². The molecule has 6 heteroatoms. The average molecular weight is 393 g/mol. The topological polar surface area (TPSA) is 57.7 Å². The van der Waals surface area contributed by atoms with E-state index < -0.39 is 10.0 Å². The van der Waals surface area contributed by atoms with Gasteiger partial charge in [0.1, 0.15) is 0 Å². The van der Waals surface area contributed by atoms with E-state index in [9.17, 15) is 13.2 Å². The van der Waals surface area contributed by atoms with E-state index in [2.05, 4.69) is 6.92 Å². The summed E-state index contributed by atoms with van der Waals surface area (Å²) < 4.78 is 27.3. The lowest BCUT2D eigenvalue weighted by Crippen LogP contribution is -2.42. The monoisotopic (exact) mass is 392 g/mol. The SMILES string of the molecule is CC1CCCCN1C(=O)CCc1ccc(S(=O)(=O)N2CCCCCC2)cc1. The molecular formula is C21H32N2O3S. The van der Waals surface area contributed by atoms with Crippen molar-refractivity contribution in [2.45, 2.75) is 75.6 Å². The third kappa shape index (κ3) is 5.11. The van der Waals surface area contributed by atoms with Gasteiger partial charge in [-0.15, -0.1) is 0 Å². The van der Waals surface area contributed by atoms with Gasteiger partial charge in [-0.1, -0.05) is 25.0 Å². The summed E-state index contributed by atoms with van der Waals surface area (Å²) in [5.41, 5.74) is 1.02. The van der Waals surface area contributed by atoms with Gasteiger partial charge in [0.05, 0.1) is 4.90 Å². The van der Waals surface area contributed by atoms with Crippen molar-refractivity contribution in [3.63, 3.8) is 0 Å². The van der Waals surface area contributed by atoms with Crippen molar-refractivity contribution >= 4 is 15.9 Å². The van der Waals surface area contributed by atoms with Gasteiger partial charge in [0, 0.05) is 32.1 Å². The quantitative estimate of drug-likeness (QED) is 0.769. The number of carbonyl (C=O) groups excluding carboxylic acids is 1. The molecule has 1 unspecified atom stereocenters. The van der Waals surface area contributed by atoms with E-state index in [4.69, 9.17) is 0 Å². The minimum atomic E-state index is -3.40. The number of likely N-dealkylation sites (tertiary alicyclic amines) is 1. The molecule has 0 radical (unpaired) electrons. The predicted octanol–water partition coefficient (Wildman–Crippen LogP) is 3.58. The second-order valence-corrected chi connectivity index (χ2v) is 9.83. The Morgan fingerprint density at radius 3 is 2.22 bits per heavy atom. The minimum Gasteiger partial charge on any atom is -0.340 e. The lowest BCUT2D eigenvalue weighted by Gasteiger charge is -2.33. The molecule has 0 bridgehead atoms. The largest absolute Gasteiger partial charge is 0.340 e. The van der Waals surface area contributed by atoms with Gasteiger partial charge in [0.15, 0.2) is 0 Å². The molecule has 0 spiro atoms. The number of hydrogen-bond donors (Lipinski definition) is 0. The molecule has 0 aliphatic carbocycles. The van der Waals surface area contributed by atoms with Gasteiger partial charge in [-0.05, 0) is 63.1 Å². The number of rotatable bonds is 5. The Morgan fingerprint density at radius 2 is 1.59 bits per heavy atom. The van der Waals surface area contributed by atoms with Crippen molar-refractivity contribution in [1.82, 2.24) is 9.21 Å². The Kier molecular flexibility index (Phi) is 6.93. The number of aryl methyl sites for hydroxylation is 1. The summed E-state index contributed by atoms with van der Waals surface area (Å²) in [6, 6.07) is 7.45. The first-order valence-electron chi connectivity index (χ1n) is 10.4. The fourth-order valence-electron chi connectivity index (χ4n) is 4.12. The number of amides is 1. The maximum Gasteiger partial charge on any atom is 0.243 e. The standard InChI is InChI=1S/C21H32N2O3S/c1-18-8-4-7-17-23(18)21(24)14-11-19-9-12-20(13-10-19)27(25,26)22-15-5-2-3-6-16-22/h9-10,12-13,18H,2-8,11,14-17H2,1H3. The van der Waals surface area contributed by atoms with Gasteiger partial charge in [0.2, 0.25) is 15.9 Å². The molecule has 2 saturated heterocycles. The van der Waals surface area contributed by atoms with Crippen molar-refractivity contribution in [2.24, 2.45) is 0 Å². The summed E-state index contributed by atoms with van der Waals surface area (Å²) in [6.45, 7) is 4.23. The first-order chi connectivity index (χ1) is 13.0. The van der Waals surface area contributed by atoms with Crippen LogP contribution in [0.15, 0.2) is 29.2 Å². The van der Waals surface area contributed by atoms with Crippen LogP contribution in [-0.4, -0.2) is 49.2 Å². The van der Waals surface area contributed by atoms with Crippen LogP contribution in [0.3, 0.4) is 0 Å². The van der Waals surface area contributed by atoms with Crippen molar-refractivity contribution in [3.8, 4) is 0 Å². The molecule has 2 heterocycles. The molecule has 0 saturated carbocycles. The molecule has 3 rings (SSSR count). The second-order valence-electron chi connectivity index (χ2n) is 7.89. The smallest absolute Gasteiger partial charge is 0.243 e. The number of hydrogen-bond acceptors (Lipinski definition) is 3. The molecule has 2 aliphatic rings. The van der Waals surface area contributed by atoms with Crippen LogP contribution < -0.4 is 0 Å². The number of piperidine rings is 1. The Labute approximate surface area is 163 Å². The van der Waals surface area contributed by atoms with Gasteiger partial charge in [-0.25, -0.2) is 8.42 Å². The zero-order valence-electron chi connectivity index (χ0n) is 16.4. The number of sulfonamides is 1. The van der Waals surface area contributed by atoms with E-state index in [0.29, 0.717) is 36.9 Å². The molecule has 1 atom stereocenters. The summed E-state index contributed by atoms with van der Waals surface area (Å²) >= 11 is 0. The lowest BCUT2D eigenvalue weighted by atomic mass is 10.0. The molecule has 5 nitrogen and oxygen atoms in total. The Morgan fingerprint density at radius 1 is 0.963 bits per heavy atom. The Balaban J connectivity index is 1.59. The van der Waals surface area contributed by atoms with Crippen LogP contribution in [0.1, 0.15) is 63.9 Å². The molecular weight excluding hydrogens is 360 g/mol. The second kappa shape index (κ2) is 9.20. The molecule has 1 aromatic rings. The van der Waals surface area contributed by atoms with E-state index in [1.807, 2.05) is 17.0 Å². The summed E-state index contributed by atoms with van der Waals surface area (Å²) in [4.78, 5) is 14.8. The van der Waals surface area contributed by atoms with E-state index in [1.165, 1.54) is 6.42 Å². The van der Waals surface area contributed by atoms with Crippen LogP contribution in [0.2, 0.25) is 0 Å². The maximum atomic E-state index is 12.8. The van der Waals surface area contributed by atoms with Gasteiger partial charge in [0.25, 0.3) is 0 Å². The lowest BCUT2D eigenvalue weighted by molar-refractivity contribution is -0.134. The summed E-state index contributed by atoms with van der Waals surface area (Å²) in [5.74, 6) is 0.212. The fourth-order valence-corrected chi connectivity index (χ4v) is 5.64. The van der Waals surface area contributed by atoms with Crippen LogP contribution in [0.4, 0.5) is 0 Å². The molecule has 150 valence electrons. The summed E-state index contributed by atoms with van der Waals surface area (Å²) in [7, 11) is -3.40. The first-order valence-corrected chi connectivity index (χ1v) is 11.8. The zero-order chi connectivity index (χ0) is 19.3. The van der Waals surface area contributed by atoms with Crippen LogP contribution in [0.5, 0.6) is 0 Å². The van der Waals surface area contributed by atoms with Crippen molar-refractivity contribution < 1.29 is 13.2 Å². The van der Waals surface area contributed by atoms with E-state index in [0.717, 1.165) is 50.6 Å². The van der Waals surface area contributed by atoms with Gasteiger partial charge >= 0.3 is 0 Å². The summed E-state index contributed by atoms with van der Waals surface area (Å²) in [6.07, 6.45) is 8.63. The highest BCUT2D eigenvalue weighted by Crippen LogP contribution is 2.22. The maximum absolute atomic E-state index is 12.8. The molecule has 2 aliphatic heterocycles. The minimum absolute atomic E-state index is 0.212. The number of carbonyl (C=O) groups is 1. The molecule has 0 N–H and O–H groups in total. The van der Waals surface area contributed by atoms with Crippen LogP contribution >= 0.6 is 0 Å². The van der Waals surface area contributed by atoms with Gasteiger partial charge < -0.3 is 4.90 Å². The highest BCUT2D eigenvalue weighted by atomic mass is 32.2. The molecule has 0 aromatic heterocycles. The van der Waals surface area contributed by atoms with E-state index in [1.54, 1.807) is 16.4 Å². The number of benzene rings is 1. The molecule has 2 fully saturated rings. The van der Waals surface area contributed by atoms with Crippen molar-refractivity contribution in [2.75, 3.05) is 19.6 Å². The van der Waals surface area contributed by atoms with Crippen molar-refractivity contribution in [3.05, 3.63) is 29.8 Å². The first kappa shape index (κ1) is 20.3. The van der Waals surface area contributed by atoms with E-state index >= 15 is 0 Å². The number of nitrogens with zero attached hydrogens (tertiary/aromatic N) is 2. The van der Waals surface area contributed by atoms with Crippen LogP contribution in [0.25, 0.3) is 0 Å². The average Bonchev–Trinajstić information content (AvgIpc) is 2.97. The zero-order valence-corrected chi connectivity index (χ0v) is 17.2. The third-order valence-corrected chi connectivity index (χ3v) is 7.79. The van der Waals surface area contributed by atoms with Gasteiger partial charge in [-0.3, -0.25) is 4.79 Å². The third-order valence-electron chi connectivity index (χ3n) is 5.88. The van der Waals surface area contributed by atoms with Crippen molar-refractivity contribution in [1.29, 1.82) is 0 Å². The Hall–Kier alpha value is -1.40. The fraction of sp³-hybridized carbons (Fsp3) is 0.667. The molecule has 1 amide bonds. The Bertz CT molecular complexity index is 722.